The van der Waals surface area contributed by atoms with E-state index >= 15 is 0 Å². The monoisotopic (exact) mass is 344 g/mol. The Morgan fingerprint density at radius 3 is 3.00 bits per heavy atom. The molecule has 2 fully saturated rings. The van der Waals surface area contributed by atoms with Gasteiger partial charge >= 0.3 is 5.97 Å². The van der Waals surface area contributed by atoms with Crippen LogP contribution < -0.4 is 0 Å². The van der Waals surface area contributed by atoms with Crippen LogP contribution in [0.25, 0.3) is 11.0 Å². The molecule has 0 spiro atoms. The van der Waals surface area contributed by atoms with Crippen molar-refractivity contribution in [2.45, 2.75) is 6.04 Å². The second-order valence-electron chi connectivity index (χ2n) is 6.74. The summed E-state index contributed by atoms with van der Waals surface area (Å²) in [6.45, 7) is 2.71. The minimum Gasteiger partial charge on any atom is -0.480 e. The molecule has 1 aromatic carbocycles. The minimum atomic E-state index is -0.844. The second kappa shape index (κ2) is 6.45. The van der Waals surface area contributed by atoms with E-state index in [1.54, 1.807) is 12.4 Å². The molecule has 8 nitrogen and oxygen atoms in total. The number of H-pyrrole nitrogens is 1. The Labute approximate surface area is 144 Å². The quantitative estimate of drug-likeness (QED) is 0.837. The summed E-state index contributed by atoms with van der Waals surface area (Å²) in [6.07, 6.45) is 1.61. The molecular weight excluding hydrogens is 324 g/mol. The minimum absolute atomic E-state index is 0.00483. The van der Waals surface area contributed by atoms with Crippen molar-refractivity contribution in [1.82, 2.24) is 19.8 Å². The van der Waals surface area contributed by atoms with Crippen molar-refractivity contribution < 1.29 is 19.4 Å². The largest absolute Gasteiger partial charge is 0.480 e. The van der Waals surface area contributed by atoms with Crippen LogP contribution in [0.1, 0.15) is 10.4 Å². The summed E-state index contributed by atoms with van der Waals surface area (Å²) in [5.41, 5.74) is 2.25. The molecule has 132 valence electrons. The number of aromatic nitrogens is 2. The van der Waals surface area contributed by atoms with Gasteiger partial charge in [0.05, 0.1) is 43.2 Å². The number of imidazole rings is 1. The number of amides is 1. The number of benzene rings is 1. The Morgan fingerprint density at radius 1 is 1.28 bits per heavy atom. The first kappa shape index (κ1) is 16.0. The number of hydrogen-bond donors (Lipinski definition) is 2. The summed E-state index contributed by atoms with van der Waals surface area (Å²) in [6, 6.07) is 5.29. The summed E-state index contributed by atoms with van der Waals surface area (Å²) < 4.78 is 5.70. The van der Waals surface area contributed by atoms with Crippen molar-refractivity contribution in [2.24, 2.45) is 5.92 Å². The Morgan fingerprint density at radius 2 is 2.16 bits per heavy atom. The zero-order valence-corrected chi connectivity index (χ0v) is 13.7. The average Bonchev–Trinajstić information content (AvgIpc) is 2.86. The van der Waals surface area contributed by atoms with Crippen molar-refractivity contribution in [3.8, 4) is 0 Å². The highest BCUT2D eigenvalue weighted by Crippen LogP contribution is 2.22. The van der Waals surface area contributed by atoms with E-state index in [2.05, 4.69) is 9.97 Å². The van der Waals surface area contributed by atoms with Crippen molar-refractivity contribution in [3.05, 3.63) is 30.1 Å². The van der Waals surface area contributed by atoms with Crippen LogP contribution in [0.15, 0.2) is 24.5 Å². The van der Waals surface area contributed by atoms with Gasteiger partial charge in [-0.15, -0.1) is 0 Å². The lowest BCUT2D eigenvalue weighted by Gasteiger charge is -2.30. The van der Waals surface area contributed by atoms with Crippen LogP contribution in [0.5, 0.6) is 0 Å². The third kappa shape index (κ3) is 3.22. The van der Waals surface area contributed by atoms with Gasteiger partial charge in [-0.25, -0.2) is 4.98 Å². The number of carbonyl (C=O) groups is 2. The zero-order chi connectivity index (χ0) is 17.4. The van der Waals surface area contributed by atoms with Crippen molar-refractivity contribution in [1.29, 1.82) is 0 Å². The maximum Gasteiger partial charge on any atom is 0.317 e. The molecule has 2 aliphatic heterocycles. The highest BCUT2D eigenvalue weighted by molar-refractivity contribution is 5.97. The number of aromatic amines is 1. The summed E-state index contributed by atoms with van der Waals surface area (Å²) in [4.78, 5) is 35.1. The number of carboxylic acid groups (broad SMARTS) is 1. The topological polar surface area (TPSA) is 98.8 Å². The van der Waals surface area contributed by atoms with Gasteiger partial charge in [-0.05, 0) is 18.2 Å². The molecule has 0 aliphatic carbocycles. The molecule has 4 rings (SSSR count). The van der Waals surface area contributed by atoms with E-state index in [4.69, 9.17) is 9.84 Å². The van der Waals surface area contributed by atoms with Gasteiger partial charge in [-0.3, -0.25) is 14.5 Å². The predicted molar refractivity (Wildman–Crippen MR) is 89.3 cm³/mol. The number of hydrogen-bond acceptors (Lipinski definition) is 5. The van der Waals surface area contributed by atoms with E-state index in [0.717, 1.165) is 11.0 Å². The molecule has 25 heavy (non-hydrogen) atoms. The maximum absolute atomic E-state index is 13.1. The van der Waals surface area contributed by atoms with E-state index in [9.17, 15) is 9.59 Å². The van der Waals surface area contributed by atoms with E-state index in [-0.39, 0.29) is 24.4 Å². The standard InChI is InChI=1S/C17H20N4O4/c22-16(23)7-20-4-11-5-21(13(6-20)9-25-8-11)17(24)12-1-2-14-15(3-12)19-10-18-14/h1-3,10-11,13H,4-9H2,(H,18,19)(H,22,23)/t11-,13-/m0/s1. The fourth-order valence-corrected chi connectivity index (χ4v) is 3.74. The average molecular weight is 344 g/mol. The van der Waals surface area contributed by atoms with Gasteiger partial charge in [-0.1, -0.05) is 0 Å². The number of nitrogens with one attached hydrogen (secondary N) is 1. The van der Waals surface area contributed by atoms with Gasteiger partial charge in [0.2, 0.25) is 0 Å². The molecule has 8 heteroatoms. The molecule has 0 saturated carbocycles. The van der Waals surface area contributed by atoms with Crippen LogP contribution in [0, 0.1) is 5.92 Å². The zero-order valence-electron chi connectivity index (χ0n) is 13.7. The highest BCUT2D eigenvalue weighted by atomic mass is 16.5. The van der Waals surface area contributed by atoms with E-state index in [1.165, 1.54) is 0 Å². The van der Waals surface area contributed by atoms with Crippen LogP contribution in [-0.4, -0.2) is 82.2 Å². The van der Waals surface area contributed by atoms with Gasteiger partial charge < -0.3 is 19.7 Å². The van der Waals surface area contributed by atoms with Gasteiger partial charge in [0.1, 0.15) is 0 Å². The number of fused-ring (bicyclic) bond motifs is 4. The summed E-state index contributed by atoms with van der Waals surface area (Å²) in [5.74, 6) is -0.774. The fraction of sp³-hybridized carbons (Fsp3) is 0.471. The van der Waals surface area contributed by atoms with Crippen molar-refractivity contribution in [3.63, 3.8) is 0 Å². The third-order valence-corrected chi connectivity index (χ3v) is 4.83. The van der Waals surface area contributed by atoms with Crippen LogP contribution in [-0.2, 0) is 9.53 Å². The summed E-state index contributed by atoms with van der Waals surface area (Å²) in [5, 5.41) is 9.09. The van der Waals surface area contributed by atoms with Crippen LogP contribution >= 0.6 is 0 Å². The molecule has 2 aromatic rings. The summed E-state index contributed by atoms with van der Waals surface area (Å²) >= 11 is 0. The molecule has 2 bridgehead atoms. The number of carboxylic acids is 1. The maximum atomic E-state index is 13.1. The van der Waals surface area contributed by atoms with Crippen molar-refractivity contribution >= 4 is 22.9 Å². The molecule has 2 saturated heterocycles. The van der Waals surface area contributed by atoms with Crippen LogP contribution in [0.3, 0.4) is 0 Å². The molecule has 2 atom stereocenters. The van der Waals surface area contributed by atoms with Crippen LogP contribution in [0.2, 0.25) is 0 Å². The van der Waals surface area contributed by atoms with Crippen LogP contribution in [0.4, 0.5) is 0 Å². The molecule has 1 aromatic heterocycles. The molecule has 3 heterocycles. The Balaban J connectivity index is 1.60. The predicted octanol–water partition coefficient (Wildman–Crippen LogP) is 0.420. The lowest BCUT2D eigenvalue weighted by atomic mass is 10.1. The van der Waals surface area contributed by atoms with E-state index < -0.39 is 5.97 Å². The Kier molecular flexibility index (Phi) is 4.14. The molecule has 0 radical (unpaired) electrons. The lowest BCUT2D eigenvalue weighted by Crippen LogP contribution is -2.47. The number of rotatable bonds is 3. The smallest absolute Gasteiger partial charge is 0.317 e. The first-order chi connectivity index (χ1) is 12.1. The van der Waals surface area contributed by atoms with Gasteiger partial charge in [0.25, 0.3) is 5.91 Å². The molecule has 2 aliphatic rings. The first-order valence-corrected chi connectivity index (χ1v) is 8.36. The lowest BCUT2D eigenvalue weighted by molar-refractivity contribution is -0.138. The normalized spacial score (nSPS) is 24.2. The van der Waals surface area contributed by atoms with Gasteiger partial charge in [0.15, 0.2) is 0 Å². The number of carbonyl (C=O) groups excluding carboxylic acids is 1. The number of nitrogens with zero attached hydrogens (tertiary/aromatic N) is 3. The van der Waals surface area contributed by atoms with E-state index in [0.29, 0.717) is 38.4 Å². The Hall–Kier alpha value is -2.45. The van der Waals surface area contributed by atoms with Crippen molar-refractivity contribution in [2.75, 3.05) is 39.4 Å². The Bertz CT molecular complexity index is 805. The molecular formula is C17H20N4O4. The first-order valence-electron chi connectivity index (χ1n) is 8.36. The van der Waals surface area contributed by atoms with Gasteiger partial charge in [0, 0.05) is 31.1 Å². The van der Waals surface area contributed by atoms with Gasteiger partial charge in [-0.2, -0.15) is 0 Å². The fourth-order valence-electron chi connectivity index (χ4n) is 3.74. The third-order valence-electron chi connectivity index (χ3n) is 4.83. The SMILES string of the molecule is O=C(O)CN1C[C@@H]2COC[C@H](C1)N(C(=O)c1ccc3nc[nH]c3c1)C2. The highest BCUT2D eigenvalue weighted by Gasteiger charge is 2.36. The molecule has 0 unspecified atom stereocenters. The number of ether oxygens (including phenoxy) is 1. The van der Waals surface area contributed by atoms with E-state index in [1.807, 2.05) is 21.9 Å². The second-order valence-corrected chi connectivity index (χ2v) is 6.74. The molecule has 1 amide bonds. The summed E-state index contributed by atoms with van der Waals surface area (Å²) in [7, 11) is 0. The number of aliphatic carboxylic acids is 1. The molecule has 2 N–H and O–H groups in total.